The van der Waals surface area contributed by atoms with E-state index >= 15 is 0 Å². The van der Waals surface area contributed by atoms with Crippen molar-refractivity contribution in [2.45, 2.75) is 44.4 Å². The van der Waals surface area contributed by atoms with Crippen LogP contribution >= 0.6 is 0 Å². The van der Waals surface area contributed by atoms with Gasteiger partial charge < -0.3 is 15.0 Å². The zero-order valence-corrected chi connectivity index (χ0v) is 9.53. The van der Waals surface area contributed by atoms with Crippen LogP contribution in [0.5, 0.6) is 0 Å². The van der Waals surface area contributed by atoms with E-state index in [0.29, 0.717) is 24.6 Å². The number of hydrogen-bond acceptors (Lipinski definition) is 3. The molecule has 15 heavy (non-hydrogen) atoms. The van der Waals surface area contributed by atoms with Gasteiger partial charge in [0.15, 0.2) is 0 Å². The van der Waals surface area contributed by atoms with Crippen molar-refractivity contribution in [1.82, 2.24) is 10.2 Å². The van der Waals surface area contributed by atoms with Gasteiger partial charge >= 0.3 is 0 Å². The van der Waals surface area contributed by atoms with Crippen molar-refractivity contribution in [3.05, 3.63) is 0 Å². The number of rotatable bonds is 2. The van der Waals surface area contributed by atoms with Crippen molar-refractivity contribution in [2.75, 3.05) is 20.2 Å². The second-order valence-corrected chi connectivity index (χ2v) is 4.65. The number of carbonyl (C=O) groups excluding carboxylic acids is 1. The molecule has 4 nitrogen and oxygen atoms in total. The van der Waals surface area contributed by atoms with E-state index in [1.54, 1.807) is 0 Å². The van der Waals surface area contributed by atoms with Crippen LogP contribution in [0.15, 0.2) is 0 Å². The molecule has 0 saturated carbocycles. The Bertz CT molecular complexity index is 245. The summed E-state index contributed by atoms with van der Waals surface area (Å²) in [4.78, 5) is 13.1. The Morgan fingerprint density at radius 3 is 2.87 bits per heavy atom. The highest BCUT2D eigenvalue weighted by Gasteiger charge is 2.29. The number of nitrogens with zero attached hydrogens (tertiary/aromatic N) is 1. The molecule has 2 heterocycles. The average molecular weight is 212 g/mol. The van der Waals surface area contributed by atoms with E-state index < -0.39 is 0 Å². The smallest absolute Gasteiger partial charge is 0.222 e. The average Bonchev–Trinajstić information content (AvgIpc) is 2.59. The summed E-state index contributed by atoms with van der Waals surface area (Å²) in [6, 6.07) is 0.915. The van der Waals surface area contributed by atoms with Crippen LogP contribution in [-0.4, -0.2) is 49.2 Å². The number of amides is 1. The Balaban J connectivity index is 1.82. The van der Waals surface area contributed by atoms with Crippen molar-refractivity contribution in [1.29, 1.82) is 0 Å². The Hall–Kier alpha value is -0.610. The zero-order chi connectivity index (χ0) is 10.8. The number of likely N-dealkylation sites (N-methyl/N-ethyl adjacent to an activating group) is 1. The third-order valence-corrected chi connectivity index (χ3v) is 3.45. The predicted octanol–water partition coefficient (Wildman–Crippen LogP) is 0.374. The molecule has 0 aromatic carbocycles. The van der Waals surface area contributed by atoms with Crippen molar-refractivity contribution >= 4 is 5.91 Å². The van der Waals surface area contributed by atoms with Crippen LogP contribution in [0, 0.1) is 0 Å². The molecule has 3 atom stereocenters. The van der Waals surface area contributed by atoms with Gasteiger partial charge in [-0.2, -0.15) is 0 Å². The van der Waals surface area contributed by atoms with Gasteiger partial charge in [-0.15, -0.1) is 0 Å². The second-order valence-electron chi connectivity index (χ2n) is 4.65. The molecular weight excluding hydrogens is 192 g/mol. The molecule has 0 bridgehead atoms. The van der Waals surface area contributed by atoms with Crippen LogP contribution in [0.3, 0.4) is 0 Å². The van der Waals surface area contributed by atoms with Crippen molar-refractivity contribution in [3.8, 4) is 0 Å². The molecule has 4 heteroatoms. The fourth-order valence-electron chi connectivity index (χ4n) is 2.40. The third-order valence-electron chi connectivity index (χ3n) is 3.45. The Morgan fingerprint density at radius 1 is 1.47 bits per heavy atom. The summed E-state index contributed by atoms with van der Waals surface area (Å²) in [5.41, 5.74) is 0. The first-order chi connectivity index (χ1) is 7.16. The number of carbonyl (C=O) groups is 1. The SMILES string of the molecule is CC1OCCC1NC1CCC(=O)N(C)C1. The number of piperidine rings is 1. The van der Waals surface area contributed by atoms with E-state index in [-0.39, 0.29) is 5.91 Å². The first-order valence-corrected chi connectivity index (χ1v) is 5.78. The summed E-state index contributed by atoms with van der Waals surface area (Å²) < 4.78 is 5.51. The van der Waals surface area contributed by atoms with E-state index in [1.807, 2.05) is 11.9 Å². The highest BCUT2D eigenvalue weighted by atomic mass is 16.5. The molecule has 2 saturated heterocycles. The van der Waals surface area contributed by atoms with Gasteiger partial charge in [0, 0.05) is 38.7 Å². The molecule has 1 N–H and O–H groups in total. The molecule has 2 fully saturated rings. The summed E-state index contributed by atoms with van der Waals surface area (Å²) in [6.45, 7) is 3.81. The van der Waals surface area contributed by atoms with Crippen molar-refractivity contribution < 1.29 is 9.53 Å². The van der Waals surface area contributed by atoms with E-state index in [0.717, 1.165) is 26.0 Å². The highest BCUT2D eigenvalue weighted by molar-refractivity contribution is 5.76. The maximum absolute atomic E-state index is 11.3. The van der Waals surface area contributed by atoms with Gasteiger partial charge in [-0.25, -0.2) is 0 Å². The zero-order valence-electron chi connectivity index (χ0n) is 9.53. The highest BCUT2D eigenvalue weighted by Crippen LogP contribution is 2.16. The molecular formula is C11H20N2O2. The van der Waals surface area contributed by atoms with Gasteiger partial charge in [-0.05, 0) is 19.8 Å². The molecule has 2 aliphatic rings. The maximum Gasteiger partial charge on any atom is 0.222 e. The lowest BCUT2D eigenvalue weighted by atomic mass is 10.0. The summed E-state index contributed by atoms with van der Waals surface area (Å²) in [5, 5.41) is 3.60. The van der Waals surface area contributed by atoms with Crippen LogP contribution < -0.4 is 5.32 Å². The molecule has 0 spiro atoms. The van der Waals surface area contributed by atoms with Crippen LogP contribution in [0.1, 0.15) is 26.2 Å². The molecule has 2 rings (SSSR count). The molecule has 0 aliphatic carbocycles. The van der Waals surface area contributed by atoms with Gasteiger partial charge in [0.25, 0.3) is 0 Å². The van der Waals surface area contributed by atoms with Crippen LogP contribution in [0.4, 0.5) is 0 Å². The monoisotopic (exact) mass is 212 g/mol. The third kappa shape index (κ3) is 2.49. The van der Waals surface area contributed by atoms with Gasteiger partial charge in [-0.3, -0.25) is 4.79 Å². The summed E-state index contributed by atoms with van der Waals surface area (Å²) >= 11 is 0. The molecule has 0 aromatic heterocycles. The quantitative estimate of drug-likeness (QED) is 0.719. The number of ether oxygens (including phenoxy) is 1. The standard InChI is InChI=1S/C11H20N2O2/c1-8-10(5-6-15-8)12-9-3-4-11(14)13(2)7-9/h8-10,12H,3-7H2,1-2H3. The Kier molecular flexibility index (Phi) is 3.26. The predicted molar refractivity (Wildman–Crippen MR) is 57.6 cm³/mol. The lowest BCUT2D eigenvalue weighted by Crippen LogP contribution is -2.51. The van der Waals surface area contributed by atoms with E-state index in [9.17, 15) is 4.79 Å². The topological polar surface area (TPSA) is 41.6 Å². The number of likely N-dealkylation sites (tertiary alicyclic amines) is 1. The summed E-state index contributed by atoms with van der Waals surface area (Å²) in [7, 11) is 1.88. The molecule has 1 amide bonds. The largest absolute Gasteiger partial charge is 0.377 e. The van der Waals surface area contributed by atoms with E-state index in [1.165, 1.54) is 0 Å². The van der Waals surface area contributed by atoms with Gasteiger partial charge in [0.2, 0.25) is 5.91 Å². The Morgan fingerprint density at radius 2 is 2.27 bits per heavy atom. The van der Waals surface area contributed by atoms with Gasteiger partial charge in [-0.1, -0.05) is 0 Å². The molecule has 2 aliphatic heterocycles. The molecule has 3 unspecified atom stereocenters. The fourth-order valence-corrected chi connectivity index (χ4v) is 2.40. The van der Waals surface area contributed by atoms with Crippen LogP contribution in [-0.2, 0) is 9.53 Å². The second kappa shape index (κ2) is 4.49. The first-order valence-electron chi connectivity index (χ1n) is 5.78. The number of hydrogen-bond donors (Lipinski definition) is 1. The lowest BCUT2D eigenvalue weighted by molar-refractivity contribution is -0.132. The minimum absolute atomic E-state index is 0.267. The van der Waals surface area contributed by atoms with E-state index in [4.69, 9.17) is 4.74 Å². The van der Waals surface area contributed by atoms with E-state index in [2.05, 4.69) is 12.2 Å². The lowest BCUT2D eigenvalue weighted by Gasteiger charge is -2.32. The van der Waals surface area contributed by atoms with Crippen LogP contribution in [0.2, 0.25) is 0 Å². The fraction of sp³-hybridized carbons (Fsp3) is 0.909. The minimum Gasteiger partial charge on any atom is -0.377 e. The van der Waals surface area contributed by atoms with Crippen molar-refractivity contribution in [3.63, 3.8) is 0 Å². The van der Waals surface area contributed by atoms with Gasteiger partial charge in [0.05, 0.1) is 6.10 Å². The Labute approximate surface area is 91.0 Å². The summed E-state index contributed by atoms with van der Waals surface area (Å²) in [6.07, 6.45) is 3.05. The number of nitrogens with one attached hydrogen (secondary N) is 1. The minimum atomic E-state index is 0.267. The first kappa shape index (κ1) is 10.9. The van der Waals surface area contributed by atoms with Crippen LogP contribution in [0.25, 0.3) is 0 Å². The van der Waals surface area contributed by atoms with Gasteiger partial charge in [0.1, 0.15) is 0 Å². The molecule has 0 aromatic rings. The molecule has 86 valence electrons. The molecule has 0 radical (unpaired) electrons. The summed E-state index contributed by atoms with van der Waals surface area (Å²) in [5.74, 6) is 0.267. The van der Waals surface area contributed by atoms with Crippen molar-refractivity contribution in [2.24, 2.45) is 0 Å². The maximum atomic E-state index is 11.3. The normalized spacial score (nSPS) is 37.3.